The number of halogens is 2. The minimum absolute atomic E-state index is 0.281. The zero-order valence-corrected chi connectivity index (χ0v) is 10.8. The summed E-state index contributed by atoms with van der Waals surface area (Å²) >= 11 is 0. The first-order chi connectivity index (χ1) is 9.31. The summed E-state index contributed by atoms with van der Waals surface area (Å²) in [4.78, 5) is 22.7. The summed E-state index contributed by atoms with van der Waals surface area (Å²) in [6, 6.07) is 0.556. The monoisotopic (exact) mass is 284 g/mol. The first-order valence-electron chi connectivity index (χ1n) is 6.12. The number of aromatic carboxylic acids is 1. The van der Waals surface area contributed by atoms with Gasteiger partial charge in [-0.25, -0.2) is 18.4 Å². The molecule has 1 aliphatic carbocycles. The van der Waals surface area contributed by atoms with Crippen LogP contribution in [0, 0.1) is 11.6 Å². The van der Waals surface area contributed by atoms with E-state index in [1.165, 1.54) is 0 Å². The number of carboxylic acid groups (broad SMARTS) is 1. The summed E-state index contributed by atoms with van der Waals surface area (Å²) in [6.07, 6.45) is 2.65. The maximum absolute atomic E-state index is 13.1. The molecule has 1 aliphatic rings. The molecule has 0 radical (unpaired) electrons. The average molecular weight is 284 g/mol. The van der Waals surface area contributed by atoms with Gasteiger partial charge in [0, 0.05) is 11.6 Å². The number of amides is 2. The van der Waals surface area contributed by atoms with Crippen molar-refractivity contribution in [1.29, 1.82) is 0 Å². The maximum atomic E-state index is 13.1. The van der Waals surface area contributed by atoms with Crippen LogP contribution >= 0.6 is 0 Å². The van der Waals surface area contributed by atoms with Crippen LogP contribution in [0.15, 0.2) is 12.1 Å². The number of benzene rings is 1. The molecule has 0 spiro atoms. The Balaban J connectivity index is 2.17. The summed E-state index contributed by atoms with van der Waals surface area (Å²) in [5.41, 5.74) is -1.11. The zero-order chi connectivity index (χ0) is 14.9. The second-order valence-corrected chi connectivity index (χ2v) is 5.11. The SMILES string of the molecule is CC1(NC(=O)Nc2cc(F)c(F)cc2C(=O)O)CCC1. The first-order valence-corrected chi connectivity index (χ1v) is 6.12. The minimum atomic E-state index is -1.45. The second-order valence-electron chi connectivity index (χ2n) is 5.11. The van der Waals surface area contributed by atoms with Crippen LogP contribution in [0.2, 0.25) is 0 Å². The Kier molecular flexibility index (Phi) is 3.61. The lowest BCUT2D eigenvalue weighted by atomic mass is 9.79. The molecule has 108 valence electrons. The number of hydrogen-bond acceptors (Lipinski definition) is 2. The van der Waals surface area contributed by atoms with E-state index in [-0.39, 0.29) is 11.2 Å². The van der Waals surface area contributed by atoms with Crippen molar-refractivity contribution < 1.29 is 23.5 Å². The van der Waals surface area contributed by atoms with Crippen LogP contribution in [-0.4, -0.2) is 22.6 Å². The highest BCUT2D eigenvalue weighted by molar-refractivity contribution is 6.00. The molecule has 5 nitrogen and oxygen atoms in total. The third kappa shape index (κ3) is 2.87. The Hall–Kier alpha value is -2.18. The molecule has 0 aliphatic heterocycles. The Morgan fingerprint density at radius 3 is 2.35 bits per heavy atom. The normalized spacial score (nSPS) is 16.1. The number of carbonyl (C=O) groups is 2. The van der Waals surface area contributed by atoms with Crippen LogP contribution < -0.4 is 10.6 Å². The van der Waals surface area contributed by atoms with Crippen molar-refractivity contribution in [3.8, 4) is 0 Å². The van der Waals surface area contributed by atoms with Gasteiger partial charge in [0.1, 0.15) is 0 Å². The molecule has 0 atom stereocenters. The van der Waals surface area contributed by atoms with Crippen LogP contribution in [0.5, 0.6) is 0 Å². The molecule has 3 N–H and O–H groups in total. The summed E-state index contributed by atoms with van der Waals surface area (Å²) in [5, 5.41) is 13.9. The van der Waals surface area contributed by atoms with E-state index in [2.05, 4.69) is 10.6 Å². The largest absolute Gasteiger partial charge is 0.478 e. The Labute approximate surface area is 114 Å². The lowest BCUT2D eigenvalue weighted by Gasteiger charge is -2.39. The number of carbonyl (C=O) groups excluding carboxylic acids is 1. The third-order valence-electron chi connectivity index (χ3n) is 3.41. The van der Waals surface area contributed by atoms with Crippen molar-refractivity contribution in [1.82, 2.24) is 5.32 Å². The molecule has 0 aromatic heterocycles. The van der Waals surface area contributed by atoms with E-state index in [0.29, 0.717) is 12.1 Å². The highest BCUT2D eigenvalue weighted by atomic mass is 19.2. The van der Waals surface area contributed by atoms with Crippen molar-refractivity contribution in [3.63, 3.8) is 0 Å². The van der Waals surface area contributed by atoms with Gasteiger partial charge in [0.05, 0.1) is 11.3 Å². The Bertz CT molecular complexity index is 571. The van der Waals surface area contributed by atoms with Crippen molar-refractivity contribution in [3.05, 3.63) is 29.3 Å². The van der Waals surface area contributed by atoms with Gasteiger partial charge >= 0.3 is 12.0 Å². The number of nitrogens with one attached hydrogen (secondary N) is 2. The Morgan fingerprint density at radius 2 is 1.85 bits per heavy atom. The van der Waals surface area contributed by atoms with E-state index >= 15 is 0 Å². The molecule has 20 heavy (non-hydrogen) atoms. The maximum Gasteiger partial charge on any atom is 0.337 e. The summed E-state index contributed by atoms with van der Waals surface area (Å²) < 4.78 is 26.2. The number of carboxylic acids is 1. The molecule has 1 aromatic carbocycles. The number of anilines is 1. The molecule has 2 rings (SSSR count). The van der Waals surface area contributed by atoms with Gasteiger partial charge in [-0.3, -0.25) is 0 Å². The fourth-order valence-electron chi connectivity index (χ4n) is 2.09. The molecule has 1 saturated carbocycles. The van der Waals surface area contributed by atoms with E-state index in [1.807, 2.05) is 6.92 Å². The Morgan fingerprint density at radius 1 is 1.25 bits per heavy atom. The van der Waals surface area contributed by atoms with Crippen molar-refractivity contribution >= 4 is 17.7 Å². The lowest BCUT2D eigenvalue weighted by Crippen LogP contribution is -2.52. The van der Waals surface area contributed by atoms with E-state index in [0.717, 1.165) is 19.3 Å². The smallest absolute Gasteiger partial charge is 0.337 e. The number of rotatable bonds is 3. The topological polar surface area (TPSA) is 78.4 Å². The first kappa shape index (κ1) is 14.2. The molecular formula is C13H14F2N2O3. The van der Waals surface area contributed by atoms with Crippen LogP contribution in [0.3, 0.4) is 0 Å². The second kappa shape index (κ2) is 5.07. The standard InChI is InChI=1S/C13H14F2N2O3/c1-13(3-2-4-13)17-12(20)16-10-6-9(15)8(14)5-7(10)11(18)19/h5-6H,2-4H2,1H3,(H,18,19)(H2,16,17,20). The zero-order valence-electron chi connectivity index (χ0n) is 10.8. The van der Waals surface area contributed by atoms with Gasteiger partial charge in [-0.05, 0) is 32.3 Å². The number of hydrogen-bond donors (Lipinski definition) is 3. The fourth-order valence-corrected chi connectivity index (χ4v) is 2.09. The van der Waals surface area contributed by atoms with Gasteiger partial charge < -0.3 is 15.7 Å². The van der Waals surface area contributed by atoms with E-state index < -0.39 is 29.2 Å². The third-order valence-corrected chi connectivity index (χ3v) is 3.41. The van der Waals surface area contributed by atoms with Gasteiger partial charge in [0.25, 0.3) is 0 Å². The predicted octanol–water partition coefficient (Wildman–Crippen LogP) is 2.73. The lowest BCUT2D eigenvalue weighted by molar-refractivity contribution is 0.0697. The highest BCUT2D eigenvalue weighted by Gasteiger charge is 2.33. The van der Waals surface area contributed by atoms with Crippen LogP contribution in [0.25, 0.3) is 0 Å². The highest BCUT2D eigenvalue weighted by Crippen LogP contribution is 2.31. The average Bonchev–Trinajstić information content (AvgIpc) is 2.31. The molecule has 0 heterocycles. The van der Waals surface area contributed by atoms with Crippen LogP contribution in [0.4, 0.5) is 19.3 Å². The molecule has 1 fully saturated rings. The molecule has 0 saturated heterocycles. The van der Waals surface area contributed by atoms with Gasteiger partial charge in [0.2, 0.25) is 0 Å². The molecule has 2 amide bonds. The van der Waals surface area contributed by atoms with Crippen LogP contribution in [0.1, 0.15) is 36.5 Å². The van der Waals surface area contributed by atoms with E-state index in [9.17, 15) is 18.4 Å². The summed E-state index contributed by atoms with van der Waals surface area (Å²) in [7, 11) is 0. The van der Waals surface area contributed by atoms with Crippen molar-refractivity contribution in [2.45, 2.75) is 31.7 Å². The molecular weight excluding hydrogens is 270 g/mol. The molecule has 0 bridgehead atoms. The molecule has 1 aromatic rings. The number of urea groups is 1. The van der Waals surface area contributed by atoms with Crippen molar-refractivity contribution in [2.24, 2.45) is 0 Å². The molecule has 0 unspecified atom stereocenters. The minimum Gasteiger partial charge on any atom is -0.478 e. The van der Waals surface area contributed by atoms with Gasteiger partial charge in [-0.2, -0.15) is 0 Å². The fraction of sp³-hybridized carbons (Fsp3) is 0.385. The van der Waals surface area contributed by atoms with E-state index in [1.54, 1.807) is 0 Å². The quantitative estimate of drug-likeness (QED) is 0.798. The van der Waals surface area contributed by atoms with Crippen molar-refractivity contribution in [2.75, 3.05) is 5.32 Å². The summed E-state index contributed by atoms with van der Waals surface area (Å²) in [6.45, 7) is 1.86. The summed E-state index contributed by atoms with van der Waals surface area (Å²) in [5.74, 6) is -3.95. The van der Waals surface area contributed by atoms with Gasteiger partial charge in [-0.15, -0.1) is 0 Å². The van der Waals surface area contributed by atoms with Crippen LogP contribution in [-0.2, 0) is 0 Å². The predicted molar refractivity (Wildman–Crippen MR) is 67.7 cm³/mol. The van der Waals surface area contributed by atoms with E-state index in [4.69, 9.17) is 5.11 Å². The van der Waals surface area contributed by atoms with Gasteiger partial charge in [0.15, 0.2) is 11.6 Å². The van der Waals surface area contributed by atoms with Gasteiger partial charge in [-0.1, -0.05) is 0 Å². The molecule has 7 heteroatoms.